The van der Waals surface area contributed by atoms with Crippen molar-refractivity contribution in [2.75, 3.05) is 11.9 Å². The third-order valence-corrected chi connectivity index (χ3v) is 4.73. The van der Waals surface area contributed by atoms with Crippen molar-refractivity contribution in [3.05, 3.63) is 94.3 Å². The highest BCUT2D eigenvalue weighted by molar-refractivity contribution is 5.95. The van der Waals surface area contributed by atoms with E-state index in [-0.39, 0.29) is 11.5 Å². The number of nitrogens with zero attached hydrogens (tertiary/aromatic N) is 2. The predicted molar refractivity (Wildman–Crippen MR) is 129 cm³/mol. The van der Waals surface area contributed by atoms with Gasteiger partial charge in [-0.3, -0.25) is 14.6 Å². The van der Waals surface area contributed by atoms with Crippen LogP contribution < -0.4 is 21.0 Å². The normalized spacial score (nSPS) is 10.9. The molecule has 166 valence electrons. The molecule has 8 heteroatoms. The van der Waals surface area contributed by atoms with Crippen molar-refractivity contribution in [1.82, 2.24) is 15.4 Å². The number of nitrogens with one attached hydrogen (secondary N) is 3. The van der Waals surface area contributed by atoms with E-state index in [4.69, 9.17) is 4.74 Å². The molecule has 0 aliphatic rings. The molecule has 1 aromatic heterocycles. The van der Waals surface area contributed by atoms with Crippen molar-refractivity contribution in [2.24, 2.45) is 5.10 Å². The number of hydrogen-bond acceptors (Lipinski definition) is 6. The molecule has 33 heavy (non-hydrogen) atoms. The van der Waals surface area contributed by atoms with E-state index in [9.17, 15) is 9.59 Å². The topological polar surface area (TPSA) is 108 Å². The van der Waals surface area contributed by atoms with E-state index in [1.165, 1.54) is 0 Å². The Morgan fingerprint density at radius 1 is 1.09 bits per heavy atom. The van der Waals surface area contributed by atoms with Crippen molar-refractivity contribution in [1.29, 1.82) is 0 Å². The molecule has 0 aliphatic heterocycles. The molecule has 0 saturated carbocycles. The number of benzene rings is 3. The van der Waals surface area contributed by atoms with Crippen molar-refractivity contribution < 1.29 is 9.53 Å². The molecule has 0 saturated heterocycles. The number of ether oxygens (including phenoxy) is 1. The molecule has 3 N–H and O–H groups in total. The molecule has 1 heterocycles. The lowest BCUT2D eigenvalue weighted by molar-refractivity contribution is 0.0955. The first-order valence-electron chi connectivity index (χ1n) is 10.5. The Balaban J connectivity index is 1.37. The first-order valence-corrected chi connectivity index (χ1v) is 10.5. The fourth-order valence-corrected chi connectivity index (χ4v) is 3.12. The molecule has 0 fully saturated rings. The summed E-state index contributed by atoms with van der Waals surface area (Å²) in [5.74, 6) is 0.747. The second-order valence-corrected chi connectivity index (χ2v) is 7.25. The third kappa shape index (κ3) is 5.62. The van der Waals surface area contributed by atoms with E-state index in [1.54, 1.807) is 48.7 Å². The third-order valence-electron chi connectivity index (χ3n) is 4.73. The number of H-pyrrole nitrogens is 1. The SMILES string of the molecule is CCCOc1cccc(/C=N\NC(=O)c2ccc(Nc3nc4ccccc4c(=O)[nH]3)cc2)c1. The molecule has 0 spiro atoms. The van der Waals surface area contributed by atoms with Gasteiger partial charge in [0.25, 0.3) is 11.5 Å². The molecule has 0 bridgehead atoms. The molecule has 4 rings (SSSR count). The number of anilines is 2. The van der Waals surface area contributed by atoms with Crippen LogP contribution in [0.4, 0.5) is 11.6 Å². The first kappa shape index (κ1) is 21.8. The van der Waals surface area contributed by atoms with Crippen molar-refractivity contribution in [2.45, 2.75) is 13.3 Å². The Labute approximate surface area is 190 Å². The van der Waals surface area contributed by atoms with Gasteiger partial charge in [0.05, 0.1) is 23.7 Å². The first-order chi connectivity index (χ1) is 16.1. The van der Waals surface area contributed by atoms with E-state index in [2.05, 4.69) is 25.8 Å². The second-order valence-electron chi connectivity index (χ2n) is 7.25. The summed E-state index contributed by atoms with van der Waals surface area (Å²) in [4.78, 5) is 31.7. The van der Waals surface area contributed by atoms with Crippen LogP contribution in [0, 0.1) is 0 Å². The molecule has 0 atom stereocenters. The molecule has 4 aromatic rings. The highest BCUT2D eigenvalue weighted by Crippen LogP contribution is 2.16. The van der Waals surface area contributed by atoms with Crippen LogP contribution in [0.1, 0.15) is 29.3 Å². The minimum atomic E-state index is -0.339. The number of fused-ring (bicyclic) bond motifs is 1. The summed E-state index contributed by atoms with van der Waals surface area (Å²) < 4.78 is 5.59. The highest BCUT2D eigenvalue weighted by Gasteiger charge is 2.06. The van der Waals surface area contributed by atoms with Gasteiger partial charge in [0.1, 0.15) is 5.75 Å². The Morgan fingerprint density at radius 2 is 1.91 bits per heavy atom. The Hall–Kier alpha value is -4.46. The summed E-state index contributed by atoms with van der Waals surface area (Å²) in [6.07, 6.45) is 2.49. The number of aromatic nitrogens is 2. The van der Waals surface area contributed by atoms with E-state index < -0.39 is 0 Å². The highest BCUT2D eigenvalue weighted by atomic mass is 16.5. The van der Waals surface area contributed by atoms with Gasteiger partial charge in [-0.2, -0.15) is 5.10 Å². The predicted octanol–water partition coefficient (Wildman–Crippen LogP) is 4.22. The van der Waals surface area contributed by atoms with Crippen LogP contribution in [0.3, 0.4) is 0 Å². The van der Waals surface area contributed by atoms with E-state index in [1.807, 2.05) is 37.3 Å². The fraction of sp³-hybridized carbons (Fsp3) is 0.120. The summed E-state index contributed by atoms with van der Waals surface area (Å²) in [7, 11) is 0. The molecular weight excluding hydrogens is 418 g/mol. The quantitative estimate of drug-likeness (QED) is 0.280. The number of hydrazone groups is 1. The van der Waals surface area contributed by atoms with Gasteiger partial charge >= 0.3 is 0 Å². The van der Waals surface area contributed by atoms with Crippen LogP contribution in [0.15, 0.2) is 82.7 Å². The molecule has 0 aliphatic carbocycles. The van der Waals surface area contributed by atoms with Gasteiger partial charge in [-0.1, -0.05) is 31.2 Å². The Bertz CT molecular complexity index is 1350. The lowest BCUT2D eigenvalue weighted by atomic mass is 10.2. The minimum Gasteiger partial charge on any atom is -0.494 e. The van der Waals surface area contributed by atoms with Gasteiger partial charge in [0.2, 0.25) is 5.95 Å². The van der Waals surface area contributed by atoms with Crippen molar-refractivity contribution >= 4 is 34.7 Å². The van der Waals surface area contributed by atoms with E-state index >= 15 is 0 Å². The Kier molecular flexibility index (Phi) is 6.75. The maximum absolute atomic E-state index is 12.4. The maximum atomic E-state index is 12.4. The maximum Gasteiger partial charge on any atom is 0.271 e. The largest absolute Gasteiger partial charge is 0.494 e. The van der Waals surface area contributed by atoms with Crippen LogP contribution in [0.5, 0.6) is 5.75 Å². The molecule has 3 aromatic carbocycles. The van der Waals surface area contributed by atoms with Gasteiger partial charge in [-0.05, 0) is 60.5 Å². The fourth-order valence-electron chi connectivity index (χ4n) is 3.12. The number of hydrogen-bond donors (Lipinski definition) is 3. The number of rotatable bonds is 8. The number of carbonyl (C=O) groups is 1. The molecular formula is C25H23N5O3. The number of aromatic amines is 1. The zero-order valence-corrected chi connectivity index (χ0v) is 18.0. The number of para-hydroxylation sites is 1. The van der Waals surface area contributed by atoms with Crippen LogP contribution in [-0.2, 0) is 0 Å². The van der Waals surface area contributed by atoms with Crippen LogP contribution in [0.2, 0.25) is 0 Å². The van der Waals surface area contributed by atoms with Crippen LogP contribution >= 0.6 is 0 Å². The smallest absolute Gasteiger partial charge is 0.271 e. The van der Waals surface area contributed by atoms with Gasteiger partial charge in [0.15, 0.2) is 0 Å². The van der Waals surface area contributed by atoms with Gasteiger partial charge in [-0.25, -0.2) is 10.4 Å². The number of amides is 1. The average molecular weight is 441 g/mol. The molecule has 1 amide bonds. The van der Waals surface area contributed by atoms with Crippen molar-refractivity contribution in [3.63, 3.8) is 0 Å². The number of carbonyl (C=O) groups excluding carboxylic acids is 1. The van der Waals surface area contributed by atoms with Crippen LogP contribution in [-0.4, -0.2) is 28.7 Å². The Morgan fingerprint density at radius 3 is 2.73 bits per heavy atom. The second kappa shape index (κ2) is 10.2. The lowest BCUT2D eigenvalue weighted by Crippen LogP contribution is -2.17. The monoisotopic (exact) mass is 441 g/mol. The summed E-state index contributed by atoms with van der Waals surface area (Å²) in [6, 6.07) is 21.4. The zero-order chi connectivity index (χ0) is 23.0. The van der Waals surface area contributed by atoms with Gasteiger partial charge < -0.3 is 10.1 Å². The lowest BCUT2D eigenvalue weighted by Gasteiger charge is -2.07. The average Bonchev–Trinajstić information content (AvgIpc) is 2.83. The van der Waals surface area contributed by atoms with Gasteiger partial charge in [-0.15, -0.1) is 0 Å². The van der Waals surface area contributed by atoms with E-state index in [0.717, 1.165) is 17.7 Å². The summed E-state index contributed by atoms with van der Waals surface area (Å²) in [5, 5.41) is 7.59. The zero-order valence-electron chi connectivity index (χ0n) is 18.0. The molecule has 0 radical (unpaired) electrons. The van der Waals surface area contributed by atoms with Crippen molar-refractivity contribution in [3.8, 4) is 5.75 Å². The van der Waals surface area contributed by atoms with E-state index in [0.29, 0.717) is 34.7 Å². The standard InChI is InChI=1S/C25H23N5O3/c1-2-14-33-20-7-5-6-17(15-20)16-26-30-23(31)18-10-12-19(13-11-18)27-25-28-22-9-4-3-8-21(22)24(32)29-25/h3-13,15-16H,2,14H2,1H3,(H,30,31)(H2,27,28,29,32)/b26-16-. The minimum absolute atomic E-state index is 0.223. The molecule has 8 nitrogen and oxygen atoms in total. The summed E-state index contributed by atoms with van der Waals surface area (Å²) in [6.45, 7) is 2.69. The van der Waals surface area contributed by atoms with Gasteiger partial charge in [0, 0.05) is 11.3 Å². The molecule has 0 unspecified atom stereocenters. The van der Waals surface area contributed by atoms with Crippen LogP contribution in [0.25, 0.3) is 10.9 Å². The summed E-state index contributed by atoms with van der Waals surface area (Å²) in [5.41, 5.74) is 4.83. The summed E-state index contributed by atoms with van der Waals surface area (Å²) >= 11 is 0.